The van der Waals surface area contributed by atoms with Gasteiger partial charge in [0.25, 0.3) is 6.71 Å². The SMILES string of the molecule is Cc1cc2c3c(c1)N(c1ccc(C(C)(C)C)cc1)c1c(sc4ccc(C(C)(C)C)cc14)B3c1cc3c(cc1N2c1ccc(C(C)(C)C)cc1-c1ccccc1F)C(C)(C)CCC3(C)C. The molecule has 5 heteroatoms. The number of halogens is 1. The van der Waals surface area contributed by atoms with Crippen LogP contribution in [0.25, 0.3) is 21.2 Å². The molecule has 3 aliphatic rings. The Kier molecular flexibility index (Phi) is 9.49. The highest BCUT2D eigenvalue weighted by atomic mass is 32.1. The number of hydrogen-bond acceptors (Lipinski definition) is 3. The van der Waals surface area contributed by atoms with Crippen LogP contribution >= 0.6 is 11.3 Å². The van der Waals surface area contributed by atoms with E-state index in [1.54, 1.807) is 12.1 Å². The second kappa shape index (κ2) is 14.2. The van der Waals surface area contributed by atoms with Gasteiger partial charge in [-0.3, -0.25) is 0 Å². The molecule has 0 bridgehead atoms. The molecule has 0 atom stereocenters. The van der Waals surface area contributed by atoms with Crippen LogP contribution in [0, 0.1) is 12.7 Å². The van der Waals surface area contributed by atoms with Gasteiger partial charge in [-0.15, -0.1) is 11.3 Å². The first-order valence-electron chi connectivity index (χ1n) is 23.4. The number of aryl methyl sites for hydroxylation is 1. The van der Waals surface area contributed by atoms with Gasteiger partial charge in [0, 0.05) is 48.7 Å². The minimum Gasteiger partial charge on any atom is -0.311 e. The summed E-state index contributed by atoms with van der Waals surface area (Å²) in [6, 6.07) is 40.7. The zero-order chi connectivity index (χ0) is 45.6. The number of hydrogen-bond donors (Lipinski definition) is 0. The highest BCUT2D eigenvalue weighted by Crippen LogP contribution is 2.53. The number of rotatable bonds is 3. The van der Waals surface area contributed by atoms with E-state index in [2.05, 4.69) is 192 Å². The molecule has 3 heterocycles. The average molecular weight is 863 g/mol. The molecule has 0 saturated carbocycles. The van der Waals surface area contributed by atoms with Crippen LogP contribution in [0.4, 0.5) is 38.5 Å². The lowest BCUT2D eigenvalue weighted by molar-refractivity contribution is 0.332. The summed E-state index contributed by atoms with van der Waals surface area (Å²) in [6.45, 7) is 32.6. The largest absolute Gasteiger partial charge is 0.311 e. The minimum atomic E-state index is -0.209. The zero-order valence-electron chi connectivity index (χ0n) is 40.6. The molecule has 0 N–H and O–H groups in total. The van der Waals surface area contributed by atoms with Crippen LogP contribution in [0.1, 0.15) is 136 Å². The van der Waals surface area contributed by atoms with Crippen molar-refractivity contribution in [1.29, 1.82) is 0 Å². The second-order valence-corrected chi connectivity index (χ2v) is 24.7. The maximum atomic E-state index is 16.4. The number of thiophene rings is 1. The Balaban J connectivity index is 1.36. The maximum absolute atomic E-state index is 16.4. The predicted octanol–water partition coefficient (Wildman–Crippen LogP) is 15.3. The summed E-state index contributed by atoms with van der Waals surface area (Å²) in [5.74, 6) is -0.209. The van der Waals surface area contributed by atoms with Crippen molar-refractivity contribution in [2.24, 2.45) is 0 Å². The Morgan fingerprint density at radius 3 is 1.75 bits per heavy atom. The van der Waals surface area contributed by atoms with Crippen molar-refractivity contribution in [3.05, 3.63) is 148 Å². The first-order chi connectivity index (χ1) is 29.9. The van der Waals surface area contributed by atoms with Gasteiger partial charge in [-0.1, -0.05) is 139 Å². The first-order valence-corrected chi connectivity index (χ1v) is 24.3. The fourth-order valence-electron chi connectivity index (χ4n) is 10.9. The smallest absolute Gasteiger partial charge is 0.264 e. The first kappa shape index (κ1) is 42.8. The van der Waals surface area contributed by atoms with Crippen LogP contribution in [0.3, 0.4) is 0 Å². The van der Waals surface area contributed by atoms with Crippen LogP contribution in [-0.2, 0) is 27.1 Å². The Bertz CT molecular complexity index is 3040. The van der Waals surface area contributed by atoms with Gasteiger partial charge in [-0.2, -0.15) is 0 Å². The Morgan fingerprint density at radius 1 is 0.562 bits per heavy atom. The van der Waals surface area contributed by atoms with E-state index in [4.69, 9.17) is 0 Å². The summed E-state index contributed by atoms with van der Waals surface area (Å²) in [7, 11) is 0. The topological polar surface area (TPSA) is 6.48 Å². The molecule has 10 rings (SSSR count). The lowest BCUT2D eigenvalue weighted by Crippen LogP contribution is -2.61. The van der Waals surface area contributed by atoms with E-state index >= 15 is 4.39 Å². The molecule has 0 amide bonds. The van der Waals surface area contributed by atoms with E-state index < -0.39 is 0 Å². The molecule has 64 heavy (non-hydrogen) atoms. The molecular formula is C59H64BFN2S. The quantitative estimate of drug-likeness (QED) is 0.163. The molecule has 2 nitrogen and oxygen atoms in total. The maximum Gasteiger partial charge on any atom is 0.264 e. The summed E-state index contributed by atoms with van der Waals surface area (Å²) >= 11 is 1.96. The van der Waals surface area contributed by atoms with Crippen LogP contribution in [-0.4, -0.2) is 6.71 Å². The summed E-state index contributed by atoms with van der Waals surface area (Å²) in [6.07, 6.45) is 2.25. The fraction of sp³-hybridized carbons (Fsp3) is 0.356. The molecule has 1 aromatic heterocycles. The molecule has 7 aromatic rings. The number of benzene rings is 6. The monoisotopic (exact) mass is 862 g/mol. The van der Waals surface area contributed by atoms with Gasteiger partial charge in [0.2, 0.25) is 0 Å². The zero-order valence-corrected chi connectivity index (χ0v) is 41.4. The lowest BCUT2D eigenvalue weighted by atomic mass is 9.35. The van der Waals surface area contributed by atoms with Gasteiger partial charge in [-0.05, 0) is 152 Å². The highest BCUT2D eigenvalue weighted by molar-refractivity contribution is 7.33. The third-order valence-corrected chi connectivity index (χ3v) is 16.1. The molecule has 0 unspecified atom stereocenters. The summed E-state index contributed by atoms with van der Waals surface area (Å²) in [4.78, 5) is 5.12. The van der Waals surface area contributed by atoms with Crippen LogP contribution in [0.2, 0.25) is 0 Å². The third kappa shape index (κ3) is 6.69. The minimum absolute atomic E-state index is 0.00755. The molecule has 0 radical (unpaired) electrons. The number of fused-ring (bicyclic) bond motifs is 7. The Morgan fingerprint density at radius 2 is 1.12 bits per heavy atom. The molecule has 0 spiro atoms. The fourth-order valence-corrected chi connectivity index (χ4v) is 12.2. The van der Waals surface area contributed by atoms with Crippen molar-refractivity contribution in [2.75, 3.05) is 9.80 Å². The van der Waals surface area contributed by atoms with E-state index in [-0.39, 0.29) is 39.6 Å². The standard InChI is InChI=1S/C59H64BFN2S/c1-35-29-49-52-50(30-35)63(47-25-21-37(56(5,6)7)31-41(47)40-17-15-16-18-46(40)61)48-34-44-43(58(11,12)27-28-59(44,13)14)33-45(48)60(52)54-53(42-32-38(57(8,9)10)22-26-51(42)64-54)62(49)39-23-19-36(20-24-39)55(2,3)4/h15-26,29-34H,27-28H2,1-14H3. The van der Waals surface area contributed by atoms with Crippen LogP contribution in [0.15, 0.2) is 109 Å². The van der Waals surface area contributed by atoms with Gasteiger partial charge in [0.15, 0.2) is 0 Å². The van der Waals surface area contributed by atoms with E-state index in [0.29, 0.717) is 5.56 Å². The molecule has 326 valence electrons. The van der Waals surface area contributed by atoms with E-state index in [9.17, 15) is 0 Å². The van der Waals surface area contributed by atoms with Crippen molar-refractivity contribution in [1.82, 2.24) is 0 Å². The molecule has 0 saturated heterocycles. The third-order valence-electron chi connectivity index (χ3n) is 14.9. The Hall–Kier alpha value is -5.13. The van der Waals surface area contributed by atoms with Crippen molar-refractivity contribution in [3.8, 4) is 11.1 Å². The van der Waals surface area contributed by atoms with Gasteiger partial charge in [-0.25, -0.2) is 4.39 Å². The molecule has 2 aliphatic heterocycles. The van der Waals surface area contributed by atoms with E-state index in [1.807, 2.05) is 23.5 Å². The number of anilines is 6. The van der Waals surface area contributed by atoms with Crippen molar-refractivity contribution in [3.63, 3.8) is 0 Å². The molecular weight excluding hydrogens is 799 g/mol. The van der Waals surface area contributed by atoms with Gasteiger partial charge in [0.05, 0.1) is 11.4 Å². The summed E-state index contributed by atoms with van der Waals surface area (Å²) in [5, 5.41) is 1.31. The molecule has 6 aromatic carbocycles. The summed E-state index contributed by atoms with van der Waals surface area (Å²) < 4.78 is 19.1. The van der Waals surface area contributed by atoms with Crippen LogP contribution in [0.5, 0.6) is 0 Å². The van der Waals surface area contributed by atoms with Crippen LogP contribution < -0.4 is 25.5 Å². The van der Waals surface area contributed by atoms with Crippen molar-refractivity contribution < 1.29 is 4.39 Å². The Labute approximate surface area is 386 Å². The lowest BCUT2D eigenvalue weighted by Gasteiger charge is -2.47. The summed E-state index contributed by atoms with van der Waals surface area (Å²) in [5.41, 5.74) is 19.0. The normalized spacial score (nSPS) is 16.4. The van der Waals surface area contributed by atoms with Crippen molar-refractivity contribution in [2.45, 2.75) is 137 Å². The van der Waals surface area contributed by atoms with Gasteiger partial charge >= 0.3 is 0 Å². The van der Waals surface area contributed by atoms with Gasteiger partial charge in [0.1, 0.15) is 5.82 Å². The molecule has 0 fully saturated rings. The van der Waals surface area contributed by atoms with E-state index in [0.717, 1.165) is 35.5 Å². The molecule has 1 aliphatic carbocycles. The predicted molar refractivity (Wildman–Crippen MR) is 277 cm³/mol. The van der Waals surface area contributed by atoms with Gasteiger partial charge < -0.3 is 9.80 Å². The highest BCUT2D eigenvalue weighted by Gasteiger charge is 2.48. The second-order valence-electron chi connectivity index (χ2n) is 23.6. The van der Waals surface area contributed by atoms with E-state index in [1.165, 1.54) is 76.2 Å². The number of nitrogens with zero attached hydrogens (tertiary/aromatic N) is 2. The van der Waals surface area contributed by atoms with Crippen molar-refractivity contribution >= 4 is 78.0 Å². The average Bonchev–Trinajstić information content (AvgIpc) is 3.60.